The number of hydrogen-bond donors (Lipinski definition) is 2. The average molecular weight is 327 g/mol. The number of hydrogen-bond acceptors (Lipinski definition) is 5. The molecule has 0 unspecified atom stereocenters. The van der Waals surface area contributed by atoms with Crippen LogP contribution in [0.15, 0.2) is 53.4 Å². The number of amides is 2. The first-order valence-corrected chi connectivity index (χ1v) is 7.62. The number of thiophene rings is 1. The number of carbonyl (C=O) groups excluding carboxylic acids is 2. The van der Waals surface area contributed by atoms with Gasteiger partial charge in [0.1, 0.15) is 0 Å². The van der Waals surface area contributed by atoms with E-state index in [-0.39, 0.29) is 17.6 Å². The highest BCUT2D eigenvalue weighted by Gasteiger charge is 2.16. The Balaban J connectivity index is 1.73. The van der Waals surface area contributed by atoms with Gasteiger partial charge in [0.2, 0.25) is 0 Å². The molecule has 0 aliphatic heterocycles. The van der Waals surface area contributed by atoms with Crippen LogP contribution in [0.2, 0.25) is 0 Å². The van der Waals surface area contributed by atoms with E-state index in [9.17, 15) is 9.59 Å². The number of aromatic nitrogens is 1. The minimum atomic E-state index is -0.350. The number of aryl methyl sites for hydroxylation is 1. The van der Waals surface area contributed by atoms with E-state index >= 15 is 0 Å². The molecule has 0 aromatic carbocycles. The van der Waals surface area contributed by atoms with Crippen LogP contribution in [0.4, 0.5) is 10.7 Å². The topological polar surface area (TPSA) is 84.2 Å². The fourth-order valence-corrected chi connectivity index (χ4v) is 2.94. The zero-order valence-electron chi connectivity index (χ0n) is 12.2. The number of nitrogens with one attached hydrogen (secondary N) is 2. The molecule has 7 heteroatoms. The van der Waals surface area contributed by atoms with Crippen molar-refractivity contribution in [2.75, 3.05) is 10.6 Å². The molecule has 3 heterocycles. The van der Waals surface area contributed by atoms with Gasteiger partial charge in [0.15, 0.2) is 5.76 Å². The Bertz CT molecular complexity index is 826. The molecule has 0 aliphatic rings. The molecule has 23 heavy (non-hydrogen) atoms. The molecule has 0 bridgehead atoms. The van der Waals surface area contributed by atoms with Gasteiger partial charge in [-0.2, -0.15) is 0 Å². The van der Waals surface area contributed by atoms with Crippen molar-refractivity contribution < 1.29 is 14.0 Å². The number of anilines is 2. The maximum atomic E-state index is 12.3. The normalized spacial score (nSPS) is 10.3. The molecule has 0 spiro atoms. The second-order valence-electron chi connectivity index (χ2n) is 4.74. The standard InChI is InChI=1S/C16H13N3O3S/c1-10-9-13(19-15(20)12-3-2-8-22-12)23-14(10)16(21)18-11-4-6-17-7-5-11/h2-9H,1H3,(H,19,20)(H,17,18,21). The fraction of sp³-hybridized carbons (Fsp3) is 0.0625. The Morgan fingerprint density at radius 3 is 2.61 bits per heavy atom. The van der Waals surface area contributed by atoms with Crippen molar-refractivity contribution in [2.24, 2.45) is 0 Å². The molecule has 0 saturated carbocycles. The van der Waals surface area contributed by atoms with E-state index in [4.69, 9.17) is 4.42 Å². The highest BCUT2D eigenvalue weighted by atomic mass is 32.1. The van der Waals surface area contributed by atoms with Crippen LogP contribution in [0.25, 0.3) is 0 Å². The van der Waals surface area contributed by atoms with Gasteiger partial charge in [-0.05, 0) is 42.8 Å². The molecule has 6 nitrogen and oxygen atoms in total. The summed E-state index contributed by atoms with van der Waals surface area (Å²) in [4.78, 5) is 28.7. The van der Waals surface area contributed by atoms with Crippen LogP contribution in [-0.2, 0) is 0 Å². The number of furan rings is 1. The first-order valence-electron chi connectivity index (χ1n) is 6.80. The molecular weight excluding hydrogens is 314 g/mol. The Kier molecular flexibility index (Phi) is 4.20. The second-order valence-corrected chi connectivity index (χ2v) is 5.80. The van der Waals surface area contributed by atoms with Gasteiger partial charge < -0.3 is 15.1 Å². The summed E-state index contributed by atoms with van der Waals surface area (Å²) in [6.45, 7) is 1.82. The van der Waals surface area contributed by atoms with Crippen LogP contribution >= 0.6 is 11.3 Å². The summed E-state index contributed by atoms with van der Waals surface area (Å²) in [5.74, 6) is -0.353. The SMILES string of the molecule is Cc1cc(NC(=O)c2ccco2)sc1C(=O)Nc1ccncc1. The summed E-state index contributed by atoms with van der Waals surface area (Å²) >= 11 is 1.21. The lowest BCUT2D eigenvalue weighted by Gasteiger charge is -2.03. The monoisotopic (exact) mass is 327 g/mol. The van der Waals surface area contributed by atoms with Gasteiger partial charge in [-0.3, -0.25) is 14.6 Å². The Hall–Kier alpha value is -2.93. The lowest BCUT2D eigenvalue weighted by molar-refractivity contribution is 0.0995. The fourth-order valence-electron chi connectivity index (χ4n) is 1.97. The molecule has 116 valence electrons. The van der Waals surface area contributed by atoms with E-state index in [1.54, 1.807) is 42.7 Å². The highest BCUT2D eigenvalue weighted by Crippen LogP contribution is 2.28. The third kappa shape index (κ3) is 3.46. The number of nitrogens with zero attached hydrogens (tertiary/aromatic N) is 1. The quantitative estimate of drug-likeness (QED) is 0.767. The molecule has 3 aromatic heterocycles. The zero-order chi connectivity index (χ0) is 16.2. The summed E-state index contributed by atoms with van der Waals surface area (Å²) in [7, 11) is 0. The molecule has 0 fully saturated rings. The molecule has 0 saturated heterocycles. The third-order valence-electron chi connectivity index (χ3n) is 3.04. The number of pyridine rings is 1. The van der Waals surface area contributed by atoms with Gasteiger partial charge in [-0.1, -0.05) is 0 Å². The van der Waals surface area contributed by atoms with E-state index in [0.29, 0.717) is 15.6 Å². The van der Waals surface area contributed by atoms with Crippen LogP contribution in [0.3, 0.4) is 0 Å². The first-order chi connectivity index (χ1) is 11.1. The van der Waals surface area contributed by atoms with Crippen molar-refractivity contribution in [3.63, 3.8) is 0 Å². The van der Waals surface area contributed by atoms with E-state index in [1.165, 1.54) is 17.6 Å². The molecule has 0 atom stereocenters. The predicted molar refractivity (Wildman–Crippen MR) is 87.9 cm³/mol. The molecule has 2 amide bonds. The van der Waals surface area contributed by atoms with Crippen molar-refractivity contribution in [2.45, 2.75) is 6.92 Å². The highest BCUT2D eigenvalue weighted by molar-refractivity contribution is 7.18. The van der Waals surface area contributed by atoms with Crippen LogP contribution in [0.1, 0.15) is 25.8 Å². The van der Waals surface area contributed by atoms with Gasteiger partial charge in [0.05, 0.1) is 16.1 Å². The largest absolute Gasteiger partial charge is 0.459 e. The van der Waals surface area contributed by atoms with Crippen LogP contribution in [0, 0.1) is 6.92 Å². The van der Waals surface area contributed by atoms with Crippen molar-refractivity contribution in [1.82, 2.24) is 4.98 Å². The van der Waals surface area contributed by atoms with Gasteiger partial charge in [0.25, 0.3) is 11.8 Å². The molecule has 3 rings (SSSR count). The third-order valence-corrected chi connectivity index (χ3v) is 4.20. The number of rotatable bonds is 4. The maximum Gasteiger partial charge on any atom is 0.291 e. The molecule has 0 radical (unpaired) electrons. The van der Waals surface area contributed by atoms with E-state index in [1.807, 2.05) is 6.92 Å². The first kappa shape index (κ1) is 15.0. The molecule has 3 aromatic rings. The van der Waals surface area contributed by atoms with Crippen LogP contribution < -0.4 is 10.6 Å². The summed E-state index contributed by atoms with van der Waals surface area (Å²) in [5.41, 5.74) is 1.45. The van der Waals surface area contributed by atoms with E-state index in [2.05, 4.69) is 15.6 Å². The van der Waals surface area contributed by atoms with Gasteiger partial charge in [0, 0.05) is 18.1 Å². The predicted octanol–water partition coefficient (Wildman–Crippen LogP) is 3.55. The summed E-state index contributed by atoms with van der Waals surface area (Å²) < 4.78 is 5.04. The molecular formula is C16H13N3O3S. The lowest BCUT2D eigenvalue weighted by Crippen LogP contribution is -2.11. The van der Waals surface area contributed by atoms with Crippen molar-refractivity contribution >= 4 is 33.8 Å². The Morgan fingerprint density at radius 1 is 1.13 bits per heavy atom. The van der Waals surface area contributed by atoms with E-state index < -0.39 is 0 Å². The van der Waals surface area contributed by atoms with Crippen molar-refractivity contribution in [3.05, 3.63) is 65.2 Å². The maximum absolute atomic E-state index is 12.3. The molecule has 2 N–H and O–H groups in total. The average Bonchev–Trinajstić information content (AvgIpc) is 3.18. The van der Waals surface area contributed by atoms with Crippen LogP contribution in [0.5, 0.6) is 0 Å². The second kappa shape index (κ2) is 6.45. The number of carbonyl (C=O) groups is 2. The Labute approximate surface area is 136 Å². The smallest absolute Gasteiger partial charge is 0.291 e. The molecule has 0 aliphatic carbocycles. The lowest BCUT2D eigenvalue weighted by atomic mass is 10.2. The van der Waals surface area contributed by atoms with E-state index in [0.717, 1.165) is 5.56 Å². The summed E-state index contributed by atoms with van der Waals surface area (Å²) in [6, 6.07) is 8.39. The van der Waals surface area contributed by atoms with Gasteiger partial charge in [-0.25, -0.2) is 0 Å². The minimum absolute atomic E-state index is 0.221. The van der Waals surface area contributed by atoms with Crippen LogP contribution in [-0.4, -0.2) is 16.8 Å². The van der Waals surface area contributed by atoms with Crippen molar-refractivity contribution in [3.8, 4) is 0 Å². The van der Waals surface area contributed by atoms with Crippen molar-refractivity contribution in [1.29, 1.82) is 0 Å². The summed E-state index contributed by atoms with van der Waals surface area (Å²) in [5, 5.41) is 6.10. The zero-order valence-corrected chi connectivity index (χ0v) is 13.0. The van der Waals surface area contributed by atoms with Gasteiger partial charge >= 0.3 is 0 Å². The Morgan fingerprint density at radius 2 is 1.91 bits per heavy atom. The van der Waals surface area contributed by atoms with Gasteiger partial charge in [-0.15, -0.1) is 11.3 Å². The minimum Gasteiger partial charge on any atom is -0.459 e. The summed E-state index contributed by atoms with van der Waals surface area (Å²) in [6.07, 6.45) is 4.64.